The topological polar surface area (TPSA) is 53.5 Å². The van der Waals surface area contributed by atoms with Gasteiger partial charge in [-0.1, -0.05) is 115 Å². The van der Waals surface area contributed by atoms with Crippen LogP contribution in [0.5, 0.6) is 0 Å². The van der Waals surface area contributed by atoms with Crippen LogP contribution in [0.1, 0.15) is 0 Å². The minimum Gasteiger partial charge on any atom is -0.298 e. The zero-order chi connectivity index (χ0) is 33.7. The Morgan fingerprint density at radius 2 is 0.902 bits per heavy atom. The lowest BCUT2D eigenvalue weighted by Crippen LogP contribution is -2.05. The van der Waals surface area contributed by atoms with Crippen LogP contribution in [0.4, 0.5) is 0 Å². The van der Waals surface area contributed by atoms with Gasteiger partial charge in [0, 0.05) is 27.9 Å². The van der Waals surface area contributed by atoms with Gasteiger partial charge in [0.05, 0.1) is 44.5 Å². The molecule has 6 heteroatoms. The molecule has 0 amide bonds. The molecule has 0 bridgehead atoms. The number of hydrogen-bond acceptors (Lipinski definition) is 3. The molecule has 0 aliphatic heterocycles. The smallest absolute Gasteiger partial charge is 0.145 e. The molecule has 0 N–H and O–H groups in total. The van der Waals surface area contributed by atoms with Crippen LogP contribution in [-0.2, 0) is 0 Å². The molecule has 10 aromatic rings. The maximum atomic E-state index is 5.21. The Bertz CT molecular complexity index is 2860. The lowest BCUT2D eigenvalue weighted by molar-refractivity contribution is 1.07. The van der Waals surface area contributed by atoms with Gasteiger partial charge in [-0.15, -0.1) is 0 Å². The number of rotatable bonds is 6. The third-order valence-corrected chi connectivity index (χ3v) is 9.57. The molecule has 51 heavy (non-hydrogen) atoms. The molecule has 0 unspecified atom stereocenters. The van der Waals surface area contributed by atoms with E-state index < -0.39 is 0 Å². The molecule has 0 fully saturated rings. The predicted octanol–water partition coefficient (Wildman–Crippen LogP) is 10.7. The summed E-state index contributed by atoms with van der Waals surface area (Å²) in [4.78, 5) is 15.1. The fourth-order valence-corrected chi connectivity index (χ4v) is 7.26. The van der Waals surface area contributed by atoms with E-state index in [4.69, 9.17) is 15.0 Å². The average molecular weight is 655 g/mol. The predicted molar refractivity (Wildman–Crippen MR) is 207 cm³/mol. The highest BCUT2D eigenvalue weighted by Crippen LogP contribution is 2.40. The number of benzene rings is 7. The lowest BCUT2D eigenvalue weighted by Gasteiger charge is -2.20. The summed E-state index contributed by atoms with van der Waals surface area (Å²) in [5.74, 6) is 1.77. The highest BCUT2D eigenvalue weighted by atomic mass is 15.1. The Hall–Kier alpha value is -7.05. The van der Waals surface area contributed by atoms with Crippen LogP contribution in [0.3, 0.4) is 0 Å². The largest absolute Gasteiger partial charge is 0.298 e. The van der Waals surface area contributed by atoms with Crippen molar-refractivity contribution in [2.45, 2.75) is 0 Å². The highest BCUT2D eigenvalue weighted by molar-refractivity contribution is 5.91. The van der Waals surface area contributed by atoms with Crippen molar-refractivity contribution in [2.24, 2.45) is 0 Å². The van der Waals surface area contributed by atoms with Crippen molar-refractivity contribution in [1.29, 1.82) is 0 Å². The zero-order valence-corrected chi connectivity index (χ0v) is 27.5. The molecule has 0 spiro atoms. The summed E-state index contributed by atoms with van der Waals surface area (Å²) in [6.07, 6.45) is 1.92. The van der Waals surface area contributed by atoms with E-state index in [1.807, 2.05) is 36.7 Å². The molecule has 3 heterocycles. The minimum absolute atomic E-state index is 0.884. The maximum absolute atomic E-state index is 5.21. The van der Waals surface area contributed by atoms with Crippen LogP contribution in [0.25, 0.3) is 84.1 Å². The van der Waals surface area contributed by atoms with Crippen molar-refractivity contribution in [1.82, 2.24) is 28.7 Å². The van der Waals surface area contributed by atoms with E-state index in [1.165, 1.54) is 0 Å². The minimum atomic E-state index is 0.884. The SMILES string of the molecule is c1ccc(-c2nc3ccccc3n2-c2ccc(-n3c(-c4ccccc4)nc4ccccc43)c(-c3ccccc3-n3cnc4ccccc43)c2)cc1. The quantitative estimate of drug-likeness (QED) is 0.179. The van der Waals surface area contributed by atoms with Gasteiger partial charge >= 0.3 is 0 Å². The normalized spacial score (nSPS) is 11.5. The maximum Gasteiger partial charge on any atom is 0.145 e. The first-order chi connectivity index (χ1) is 25.3. The van der Waals surface area contributed by atoms with Crippen molar-refractivity contribution < 1.29 is 0 Å². The number of hydrogen-bond donors (Lipinski definition) is 0. The van der Waals surface area contributed by atoms with Crippen molar-refractivity contribution in [3.8, 4) is 51.0 Å². The molecule has 0 aliphatic carbocycles. The van der Waals surface area contributed by atoms with Crippen LogP contribution >= 0.6 is 0 Å². The number of imidazole rings is 3. The average Bonchev–Trinajstić information content (AvgIpc) is 3.92. The molecule has 6 nitrogen and oxygen atoms in total. The standard InChI is InChI=1S/C45H30N6/c1-3-15-31(16-4-1)44-47-37-21-9-13-25-42(37)50(44)33-27-28-40(51-43-26-14-10-22-38(43)48-45(51)32-17-5-2-6-18-32)35(29-33)34-19-7-11-23-39(34)49-30-46-36-20-8-12-24-41(36)49/h1-30H. The molecule has 0 radical (unpaired) electrons. The Morgan fingerprint density at radius 3 is 1.59 bits per heavy atom. The van der Waals surface area contributed by atoms with Crippen molar-refractivity contribution in [2.75, 3.05) is 0 Å². The highest BCUT2D eigenvalue weighted by Gasteiger charge is 2.22. The van der Waals surface area contributed by atoms with Gasteiger partial charge in [-0.05, 0) is 60.7 Å². The molecular weight excluding hydrogens is 625 g/mol. The van der Waals surface area contributed by atoms with Gasteiger partial charge in [0.15, 0.2) is 0 Å². The fraction of sp³-hybridized carbons (Fsp3) is 0. The van der Waals surface area contributed by atoms with Crippen LogP contribution < -0.4 is 0 Å². The lowest BCUT2D eigenvalue weighted by atomic mass is 9.99. The van der Waals surface area contributed by atoms with Crippen molar-refractivity contribution >= 4 is 33.1 Å². The van der Waals surface area contributed by atoms with E-state index in [9.17, 15) is 0 Å². The Balaban J connectivity index is 1.30. The van der Waals surface area contributed by atoms with Crippen LogP contribution in [0.15, 0.2) is 182 Å². The van der Waals surface area contributed by atoms with E-state index in [0.29, 0.717) is 0 Å². The summed E-state index contributed by atoms with van der Waals surface area (Å²) in [6.45, 7) is 0. The third-order valence-electron chi connectivity index (χ3n) is 9.57. The second-order valence-electron chi connectivity index (χ2n) is 12.6. The Labute approximate surface area is 294 Å². The molecule has 240 valence electrons. The number of para-hydroxylation sites is 7. The van der Waals surface area contributed by atoms with E-state index in [2.05, 4.69) is 159 Å². The third kappa shape index (κ3) is 4.76. The zero-order valence-electron chi connectivity index (χ0n) is 27.5. The van der Waals surface area contributed by atoms with Gasteiger partial charge in [-0.25, -0.2) is 15.0 Å². The molecule has 0 saturated heterocycles. The van der Waals surface area contributed by atoms with E-state index in [-0.39, 0.29) is 0 Å². The summed E-state index contributed by atoms with van der Waals surface area (Å²) in [5.41, 5.74) is 13.3. The molecule has 7 aromatic carbocycles. The first kappa shape index (κ1) is 28.9. The van der Waals surface area contributed by atoms with E-state index >= 15 is 0 Å². The first-order valence-corrected chi connectivity index (χ1v) is 17.0. The number of aromatic nitrogens is 6. The van der Waals surface area contributed by atoms with Crippen LogP contribution in [-0.4, -0.2) is 28.7 Å². The molecule has 3 aromatic heterocycles. The van der Waals surface area contributed by atoms with Gasteiger partial charge in [0.2, 0.25) is 0 Å². The summed E-state index contributed by atoms with van der Waals surface area (Å²) in [7, 11) is 0. The fourth-order valence-electron chi connectivity index (χ4n) is 7.26. The Morgan fingerprint density at radius 1 is 0.373 bits per heavy atom. The second-order valence-corrected chi connectivity index (χ2v) is 12.6. The van der Waals surface area contributed by atoms with Crippen molar-refractivity contribution in [3.05, 3.63) is 182 Å². The van der Waals surface area contributed by atoms with Crippen molar-refractivity contribution in [3.63, 3.8) is 0 Å². The molecule has 10 rings (SSSR count). The first-order valence-electron chi connectivity index (χ1n) is 17.0. The summed E-state index contributed by atoms with van der Waals surface area (Å²) >= 11 is 0. The van der Waals surface area contributed by atoms with E-state index in [1.54, 1.807) is 0 Å². The number of fused-ring (bicyclic) bond motifs is 3. The summed E-state index contributed by atoms with van der Waals surface area (Å²) < 4.78 is 6.77. The molecular formula is C45H30N6. The monoisotopic (exact) mass is 654 g/mol. The summed E-state index contributed by atoms with van der Waals surface area (Å²) in [5, 5.41) is 0. The second kappa shape index (κ2) is 11.8. The number of nitrogens with zero attached hydrogens (tertiary/aromatic N) is 6. The van der Waals surface area contributed by atoms with E-state index in [0.717, 1.165) is 84.1 Å². The van der Waals surface area contributed by atoms with Gasteiger partial charge in [0.1, 0.15) is 18.0 Å². The van der Waals surface area contributed by atoms with Crippen LogP contribution in [0, 0.1) is 0 Å². The molecule has 0 saturated carbocycles. The molecule has 0 aliphatic rings. The van der Waals surface area contributed by atoms with Crippen LogP contribution in [0.2, 0.25) is 0 Å². The van der Waals surface area contributed by atoms with Gasteiger partial charge in [-0.2, -0.15) is 0 Å². The summed E-state index contributed by atoms with van der Waals surface area (Å²) in [6, 6.07) is 61.2. The van der Waals surface area contributed by atoms with Gasteiger partial charge in [0.25, 0.3) is 0 Å². The van der Waals surface area contributed by atoms with Gasteiger partial charge < -0.3 is 0 Å². The molecule has 0 atom stereocenters. The Kier molecular flexibility index (Phi) is 6.70. The van der Waals surface area contributed by atoms with Gasteiger partial charge in [-0.3, -0.25) is 13.7 Å².